The van der Waals surface area contributed by atoms with Crippen LogP contribution in [0.25, 0.3) is 11.0 Å². The van der Waals surface area contributed by atoms with Crippen LogP contribution < -0.4 is 0 Å². The van der Waals surface area contributed by atoms with E-state index in [1.807, 2.05) is 24.4 Å². The van der Waals surface area contributed by atoms with E-state index in [0.29, 0.717) is 0 Å². The molecule has 2 heterocycles. The van der Waals surface area contributed by atoms with Crippen LogP contribution in [-0.2, 0) is 4.79 Å². The van der Waals surface area contributed by atoms with Crippen LogP contribution in [0.15, 0.2) is 30.6 Å². The fourth-order valence-corrected chi connectivity index (χ4v) is 0.883. The van der Waals surface area contributed by atoms with Gasteiger partial charge in [0.1, 0.15) is 5.65 Å². The number of nitrogens with one attached hydrogen (secondary N) is 1. The van der Waals surface area contributed by atoms with Crippen molar-refractivity contribution in [2.45, 2.75) is 0 Å². The molecular formula is C8H8N2O2. The predicted octanol–water partition coefficient (Wildman–Crippen LogP) is 1.26. The highest BCUT2D eigenvalue weighted by atomic mass is 16.3. The van der Waals surface area contributed by atoms with Crippen LogP contribution in [0, 0.1) is 0 Å². The van der Waals surface area contributed by atoms with Gasteiger partial charge in [-0.25, -0.2) is 4.98 Å². The van der Waals surface area contributed by atoms with Gasteiger partial charge in [-0.05, 0) is 18.2 Å². The van der Waals surface area contributed by atoms with Crippen molar-refractivity contribution in [3.8, 4) is 0 Å². The summed E-state index contributed by atoms with van der Waals surface area (Å²) in [6.45, 7) is -0.250. The second-order valence-corrected chi connectivity index (χ2v) is 2.02. The summed E-state index contributed by atoms with van der Waals surface area (Å²) in [4.78, 5) is 15.5. The topological polar surface area (TPSA) is 66.0 Å². The Kier molecular flexibility index (Phi) is 2.84. The zero-order chi connectivity index (χ0) is 8.81. The second kappa shape index (κ2) is 4.12. The van der Waals surface area contributed by atoms with Crippen molar-refractivity contribution in [3.63, 3.8) is 0 Å². The minimum absolute atomic E-state index is 0.250. The Morgan fingerprint density at radius 1 is 1.50 bits per heavy atom. The molecule has 0 bridgehead atoms. The molecule has 4 nitrogen and oxygen atoms in total. The molecule has 0 atom stereocenters. The van der Waals surface area contributed by atoms with Crippen molar-refractivity contribution < 1.29 is 9.90 Å². The predicted molar refractivity (Wildman–Crippen MR) is 44.8 cm³/mol. The van der Waals surface area contributed by atoms with Crippen LogP contribution in [0.3, 0.4) is 0 Å². The van der Waals surface area contributed by atoms with E-state index in [0.717, 1.165) is 11.0 Å². The number of carboxylic acid groups (broad SMARTS) is 1. The van der Waals surface area contributed by atoms with E-state index in [1.165, 1.54) is 0 Å². The Hall–Kier alpha value is -1.84. The normalized spacial score (nSPS) is 8.67. The third-order valence-electron chi connectivity index (χ3n) is 1.32. The standard InChI is InChI=1S/C7H6N2.CH2O2/c1-2-6-3-5-9-7(6)8-4-1;2-1-3/h1-5H,(H,8,9);1H,(H,2,3). The molecule has 0 saturated heterocycles. The lowest BCUT2D eigenvalue weighted by Crippen LogP contribution is -1.70. The molecule has 0 radical (unpaired) electrons. The number of aromatic amines is 1. The monoisotopic (exact) mass is 164 g/mol. The van der Waals surface area contributed by atoms with Crippen LogP contribution in [0.1, 0.15) is 0 Å². The summed E-state index contributed by atoms with van der Waals surface area (Å²) in [7, 11) is 0. The van der Waals surface area contributed by atoms with Gasteiger partial charge in [0, 0.05) is 17.8 Å². The molecule has 0 aliphatic carbocycles. The van der Waals surface area contributed by atoms with Gasteiger partial charge in [0.05, 0.1) is 0 Å². The quantitative estimate of drug-likeness (QED) is 0.576. The van der Waals surface area contributed by atoms with Crippen LogP contribution in [0.2, 0.25) is 0 Å². The Balaban J connectivity index is 0.000000213. The number of hydrogen-bond acceptors (Lipinski definition) is 2. The first-order valence-corrected chi connectivity index (χ1v) is 3.34. The largest absolute Gasteiger partial charge is 0.483 e. The molecule has 0 aliphatic heterocycles. The molecule has 2 aromatic rings. The molecule has 0 saturated carbocycles. The van der Waals surface area contributed by atoms with Gasteiger partial charge in [-0.1, -0.05) is 0 Å². The average Bonchev–Trinajstić information content (AvgIpc) is 2.52. The van der Waals surface area contributed by atoms with Gasteiger partial charge in [-0.3, -0.25) is 4.79 Å². The minimum atomic E-state index is -0.250. The van der Waals surface area contributed by atoms with Crippen LogP contribution >= 0.6 is 0 Å². The Morgan fingerprint density at radius 3 is 2.92 bits per heavy atom. The van der Waals surface area contributed by atoms with Gasteiger partial charge >= 0.3 is 0 Å². The molecular weight excluding hydrogens is 156 g/mol. The number of carbonyl (C=O) groups is 1. The maximum atomic E-state index is 8.36. The smallest absolute Gasteiger partial charge is 0.290 e. The highest BCUT2D eigenvalue weighted by molar-refractivity contribution is 5.74. The van der Waals surface area contributed by atoms with E-state index >= 15 is 0 Å². The maximum absolute atomic E-state index is 8.36. The van der Waals surface area contributed by atoms with Crippen molar-refractivity contribution in [1.29, 1.82) is 0 Å². The number of nitrogens with zero attached hydrogens (tertiary/aromatic N) is 1. The summed E-state index contributed by atoms with van der Waals surface area (Å²) < 4.78 is 0. The second-order valence-electron chi connectivity index (χ2n) is 2.02. The first kappa shape index (κ1) is 8.26. The number of H-pyrrole nitrogens is 1. The lowest BCUT2D eigenvalue weighted by molar-refractivity contribution is -0.122. The number of pyridine rings is 1. The van der Waals surface area contributed by atoms with Crippen molar-refractivity contribution in [3.05, 3.63) is 30.6 Å². The number of aromatic nitrogens is 2. The fraction of sp³-hybridized carbons (Fsp3) is 0. The molecule has 0 amide bonds. The van der Waals surface area contributed by atoms with Crippen molar-refractivity contribution in [1.82, 2.24) is 9.97 Å². The van der Waals surface area contributed by atoms with E-state index in [2.05, 4.69) is 9.97 Å². The van der Waals surface area contributed by atoms with E-state index in [4.69, 9.17) is 9.90 Å². The first-order valence-electron chi connectivity index (χ1n) is 3.34. The van der Waals surface area contributed by atoms with Crippen LogP contribution in [0.4, 0.5) is 0 Å². The third kappa shape index (κ3) is 1.82. The van der Waals surface area contributed by atoms with E-state index in [-0.39, 0.29) is 6.47 Å². The van der Waals surface area contributed by atoms with Gasteiger partial charge in [0.15, 0.2) is 0 Å². The summed E-state index contributed by atoms with van der Waals surface area (Å²) in [5.41, 5.74) is 0.956. The highest BCUT2D eigenvalue weighted by Gasteiger charge is 1.88. The molecule has 62 valence electrons. The molecule has 4 heteroatoms. The van der Waals surface area contributed by atoms with E-state index in [9.17, 15) is 0 Å². The molecule has 0 aromatic carbocycles. The molecule has 0 aliphatic rings. The lowest BCUT2D eigenvalue weighted by atomic mass is 10.3. The average molecular weight is 164 g/mol. The van der Waals surface area contributed by atoms with E-state index in [1.54, 1.807) is 6.20 Å². The summed E-state index contributed by atoms with van der Waals surface area (Å²) in [6, 6.07) is 5.96. The number of fused-ring (bicyclic) bond motifs is 1. The molecule has 0 spiro atoms. The molecule has 0 unspecified atom stereocenters. The molecule has 0 fully saturated rings. The number of hydrogen-bond donors (Lipinski definition) is 2. The van der Waals surface area contributed by atoms with Crippen LogP contribution in [-0.4, -0.2) is 21.5 Å². The van der Waals surface area contributed by atoms with Crippen molar-refractivity contribution in [2.75, 3.05) is 0 Å². The fourth-order valence-electron chi connectivity index (χ4n) is 0.883. The number of rotatable bonds is 0. The third-order valence-corrected chi connectivity index (χ3v) is 1.32. The zero-order valence-corrected chi connectivity index (χ0v) is 6.27. The van der Waals surface area contributed by atoms with Gasteiger partial charge < -0.3 is 10.1 Å². The Morgan fingerprint density at radius 2 is 2.25 bits per heavy atom. The molecule has 12 heavy (non-hydrogen) atoms. The molecule has 2 aromatic heterocycles. The lowest BCUT2D eigenvalue weighted by Gasteiger charge is -1.82. The summed E-state index contributed by atoms with van der Waals surface area (Å²) in [5, 5.41) is 8.05. The summed E-state index contributed by atoms with van der Waals surface area (Å²) >= 11 is 0. The van der Waals surface area contributed by atoms with E-state index < -0.39 is 0 Å². The van der Waals surface area contributed by atoms with Gasteiger partial charge in [0.25, 0.3) is 6.47 Å². The maximum Gasteiger partial charge on any atom is 0.290 e. The van der Waals surface area contributed by atoms with Crippen molar-refractivity contribution >= 4 is 17.5 Å². The molecule has 2 rings (SSSR count). The first-order chi connectivity index (χ1) is 5.88. The van der Waals surface area contributed by atoms with Gasteiger partial charge in [0.2, 0.25) is 0 Å². The summed E-state index contributed by atoms with van der Waals surface area (Å²) in [6.07, 6.45) is 3.66. The minimum Gasteiger partial charge on any atom is -0.483 e. The zero-order valence-electron chi connectivity index (χ0n) is 6.27. The Labute approximate surface area is 68.9 Å². The highest BCUT2D eigenvalue weighted by Crippen LogP contribution is 2.05. The Bertz CT molecular complexity index is 326. The van der Waals surface area contributed by atoms with Gasteiger partial charge in [-0.15, -0.1) is 0 Å². The molecule has 2 N–H and O–H groups in total. The SMILES string of the molecule is O=CO.c1cnc2[nH]ccc2c1. The van der Waals surface area contributed by atoms with Gasteiger partial charge in [-0.2, -0.15) is 0 Å². The van der Waals surface area contributed by atoms with Crippen molar-refractivity contribution in [2.24, 2.45) is 0 Å². The summed E-state index contributed by atoms with van der Waals surface area (Å²) in [5.74, 6) is 0. The van der Waals surface area contributed by atoms with Crippen LogP contribution in [0.5, 0.6) is 0 Å².